The van der Waals surface area contributed by atoms with Gasteiger partial charge >= 0.3 is 0 Å². The molecule has 112 valence electrons. The van der Waals surface area contributed by atoms with Crippen LogP contribution in [0.3, 0.4) is 0 Å². The van der Waals surface area contributed by atoms with Crippen molar-refractivity contribution in [3.8, 4) is 0 Å². The van der Waals surface area contributed by atoms with Gasteiger partial charge in [-0.25, -0.2) is 17.5 Å². The first-order chi connectivity index (χ1) is 9.81. The van der Waals surface area contributed by atoms with Crippen molar-refractivity contribution in [1.82, 2.24) is 9.71 Å². The molecule has 3 N–H and O–H groups in total. The van der Waals surface area contributed by atoms with Gasteiger partial charge in [0.05, 0.1) is 22.3 Å². The molecule has 1 heterocycles. The molecule has 5 nitrogen and oxygen atoms in total. The molecule has 0 aliphatic carbocycles. The van der Waals surface area contributed by atoms with Crippen LogP contribution in [0.1, 0.15) is 24.2 Å². The topological polar surface area (TPSA) is 85.1 Å². The summed E-state index contributed by atoms with van der Waals surface area (Å²) in [6.07, 6.45) is 1.58. The van der Waals surface area contributed by atoms with Gasteiger partial charge in [-0.1, -0.05) is 6.07 Å². The molecular formula is C14H16FN3O2S. The van der Waals surface area contributed by atoms with E-state index >= 15 is 0 Å². The Hall–Kier alpha value is -1.99. The second-order valence-electron chi connectivity index (χ2n) is 4.74. The van der Waals surface area contributed by atoms with E-state index < -0.39 is 21.9 Å². The molecule has 0 fully saturated rings. The van der Waals surface area contributed by atoms with Gasteiger partial charge in [0.25, 0.3) is 0 Å². The summed E-state index contributed by atoms with van der Waals surface area (Å²) in [5, 5.41) is 0. The predicted octanol–water partition coefficient (Wildman–Crippen LogP) is 2.15. The van der Waals surface area contributed by atoms with Crippen molar-refractivity contribution in [2.75, 3.05) is 5.73 Å². The van der Waals surface area contributed by atoms with Gasteiger partial charge in [0, 0.05) is 6.20 Å². The van der Waals surface area contributed by atoms with E-state index in [2.05, 4.69) is 9.71 Å². The number of nitrogen functional groups attached to an aromatic ring is 1. The Kier molecular flexibility index (Phi) is 4.24. The van der Waals surface area contributed by atoms with Gasteiger partial charge in [-0.2, -0.15) is 0 Å². The third kappa shape index (κ3) is 3.37. The van der Waals surface area contributed by atoms with E-state index in [1.54, 1.807) is 31.3 Å². The van der Waals surface area contributed by atoms with Gasteiger partial charge in [-0.3, -0.25) is 4.98 Å². The van der Waals surface area contributed by atoms with Crippen LogP contribution in [0.25, 0.3) is 0 Å². The summed E-state index contributed by atoms with van der Waals surface area (Å²) in [5.74, 6) is -0.605. The molecular weight excluding hydrogens is 293 g/mol. The second-order valence-corrected chi connectivity index (χ2v) is 6.45. The molecule has 0 saturated carbocycles. The summed E-state index contributed by atoms with van der Waals surface area (Å²) in [6, 6.07) is 7.08. The molecule has 1 atom stereocenters. The van der Waals surface area contributed by atoms with Crippen molar-refractivity contribution < 1.29 is 12.8 Å². The largest absolute Gasteiger partial charge is 0.396 e. The lowest BCUT2D eigenvalue weighted by Crippen LogP contribution is -2.27. The number of nitrogens with one attached hydrogen (secondary N) is 1. The summed E-state index contributed by atoms with van der Waals surface area (Å²) in [5.41, 5.74) is 6.06. The maximum absolute atomic E-state index is 13.5. The first-order valence-corrected chi connectivity index (χ1v) is 7.78. The molecule has 7 heteroatoms. The molecule has 0 aliphatic heterocycles. The Morgan fingerprint density at radius 3 is 2.62 bits per heavy atom. The van der Waals surface area contributed by atoms with Crippen LogP contribution >= 0.6 is 0 Å². The number of hydrogen-bond acceptors (Lipinski definition) is 4. The Labute approximate surface area is 123 Å². The van der Waals surface area contributed by atoms with Gasteiger partial charge in [-0.15, -0.1) is 0 Å². The van der Waals surface area contributed by atoms with Crippen LogP contribution in [0, 0.1) is 12.7 Å². The monoisotopic (exact) mass is 309 g/mol. The fraction of sp³-hybridized carbons (Fsp3) is 0.214. The maximum atomic E-state index is 13.5. The van der Waals surface area contributed by atoms with E-state index in [9.17, 15) is 12.8 Å². The SMILES string of the molecule is Cc1cc(S(=O)(=O)NC(C)c2ccccn2)cc(N)c1F. The molecule has 2 rings (SSSR count). The normalized spacial score (nSPS) is 13.1. The van der Waals surface area contributed by atoms with Crippen molar-refractivity contribution in [3.63, 3.8) is 0 Å². The number of benzene rings is 1. The minimum atomic E-state index is -3.81. The number of sulfonamides is 1. The third-order valence-electron chi connectivity index (χ3n) is 3.03. The van der Waals surface area contributed by atoms with E-state index in [0.29, 0.717) is 5.69 Å². The summed E-state index contributed by atoms with van der Waals surface area (Å²) >= 11 is 0. The fourth-order valence-electron chi connectivity index (χ4n) is 1.91. The number of nitrogens with zero attached hydrogens (tertiary/aromatic N) is 1. The van der Waals surface area contributed by atoms with Crippen LogP contribution in [0.15, 0.2) is 41.4 Å². The molecule has 1 aromatic carbocycles. The van der Waals surface area contributed by atoms with Crippen molar-refractivity contribution >= 4 is 15.7 Å². The molecule has 0 amide bonds. The smallest absolute Gasteiger partial charge is 0.241 e. The maximum Gasteiger partial charge on any atom is 0.241 e. The molecule has 1 aromatic heterocycles. The molecule has 2 aromatic rings. The zero-order valence-corrected chi connectivity index (χ0v) is 12.5. The third-order valence-corrected chi connectivity index (χ3v) is 4.55. The molecule has 0 bridgehead atoms. The van der Waals surface area contributed by atoms with Gasteiger partial charge in [0.1, 0.15) is 5.82 Å². The lowest BCUT2D eigenvalue weighted by atomic mass is 10.2. The Morgan fingerprint density at radius 1 is 1.33 bits per heavy atom. The second kappa shape index (κ2) is 5.79. The molecule has 0 aliphatic rings. The number of rotatable bonds is 4. The summed E-state index contributed by atoms with van der Waals surface area (Å²) in [7, 11) is -3.81. The van der Waals surface area contributed by atoms with E-state index in [1.165, 1.54) is 13.0 Å². The molecule has 1 unspecified atom stereocenters. The summed E-state index contributed by atoms with van der Waals surface area (Å²) < 4.78 is 40.6. The molecule has 0 radical (unpaired) electrons. The van der Waals surface area contributed by atoms with Gasteiger partial charge < -0.3 is 5.73 Å². The number of aryl methyl sites for hydroxylation is 1. The number of nitrogens with two attached hydrogens (primary N) is 1. The highest BCUT2D eigenvalue weighted by molar-refractivity contribution is 7.89. The van der Waals surface area contributed by atoms with Gasteiger partial charge in [-0.05, 0) is 43.7 Å². The molecule has 0 spiro atoms. The lowest BCUT2D eigenvalue weighted by molar-refractivity contribution is 0.563. The first kappa shape index (κ1) is 15.4. The van der Waals surface area contributed by atoms with Crippen LogP contribution in [-0.4, -0.2) is 13.4 Å². The van der Waals surface area contributed by atoms with Crippen molar-refractivity contribution in [1.29, 1.82) is 0 Å². The summed E-state index contributed by atoms with van der Waals surface area (Å²) in [4.78, 5) is 4.03. The Balaban J connectivity index is 2.31. The highest BCUT2D eigenvalue weighted by Crippen LogP contribution is 2.22. The van der Waals surface area contributed by atoms with Gasteiger partial charge in [0.2, 0.25) is 10.0 Å². The fourth-order valence-corrected chi connectivity index (χ4v) is 3.25. The van der Waals surface area contributed by atoms with Crippen molar-refractivity contribution in [2.24, 2.45) is 0 Å². The minimum absolute atomic E-state index is 0.0679. The number of pyridine rings is 1. The van der Waals surface area contributed by atoms with Crippen LogP contribution in [-0.2, 0) is 10.0 Å². The number of aromatic nitrogens is 1. The standard InChI is InChI=1S/C14H16FN3O2S/c1-9-7-11(8-12(16)14(9)15)21(19,20)18-10(2)13-5-3-4-6-17-13/h3-8,10,18H,16H2,1-2H3. The van der Waals surface area contributed by atoms with Crippen LogP contribution in [0.4, 0.5) is 10.1 Å². The molecule has 21 heavy (non-hydrogen) atoms. The zero-order valence-electron chi connectivity index (χ0n) is 11.7. The highest BCUT2D eigenvalue weighted by atomic mass is 32.2. The summed E-state index contributed by atoms with van der Waals surface area (Å²) in [6.45, 7) is 3.15. The average molecular weight is 309 g/mol. The number of halogens is 1. The van der Waals surface area contributed by atoms with Gasteiger partial charge in [0.15, 0.2) is 0 Å². The average Bonchev–Trinajstić information content (AvgIpc) is 2.44. The van der Waals surface area contributed by atoms with Crippen molar-refractivity contribution in [2.45, 2.75) is 24.8 Å². The van der Waals surface area contributed by atoms with E-state index in [1.807, 2.05) is 0 Å². The highest BCUT2D eigenvalue weighted by Gasteiger charge is 2.21. The zero-order chi connectivity index (χ0) is 15.6. The van der Waals surface area contributed by atoms with Crippen molar-refractivity contribution in [3.05, 3.63) is 53.6 Å². The number of hydrogen-bond donors (Lipinski definition) is 2. The van der Waals surface area contributed by atoms with E-state index in [0.717, 1.165) is 6.07 Å². The van der Waals surface area contributed by atoms with Crippen LogP contribution in [0.5, 0.6) is 0 Å². The minimum Gasteiger partial charge on any atom is -0.396 e. The lowest BCUT2D eigenvalue weighted by Gasteiger charge is -2.14. The number of anilines is 1. The Morgan fingerprint density at radius 2 is 2.05 bits per heavy atom. The quantitative estimate of drug-likeness (QED) is 0.847. The van der Waals surface area contributed by atoms with Crippen LogP contribution in [0.2, 0.25) is 0 Å². The first-order valence-electron chi connectivity index (χ1n) is 6.30. The van der Waals surface area contributed by atoms with Crippen LogP contribution < -0.4 is 10.5 Å². The Bertz CT molecular complexity index is 725. The predicted molar refractivity (Wildman–Crippen MR) is 78.5 cm³/mol. The van der Waals surface area contributed by atoms with E-state index in [4.69, 9.17) is 5.73 Å². The van der Waals surface area contributed by atoms with E-state index in [-0.39, 0.29) is 16.1 Å². The molecule has 0 saturated heterocycles.